The number of nitrogens with zero attached hydrogens (tertiary/aromatic N) is 3. The van der Waals surface area contributed by atoms with Gasteiger partial charge in [-0.2, -0.15) is 0 Å². The average Bonchev–Trinajstić information content (AvgIpc) is 3.91. The van der Waals surface area contributed by atoms with Crippen LogP contribution in [0.15, 0.2) is 187 Å². The number of phenolic OH excluding ortho intramolecular Hbond substituents is 1. The molecule has 0 amide bonds. The molecule has 0 saturated heterocycles. The van der Waals surface area contributed by atoms with Gasteiger partial charge < -0.3 is 9.52 Å². The normalized spacial score (nSPS) is 12.5. The van der Waals surface area contributed by atoms with Crippen LogP contribution in [0.3, 0.4) is 0 Å². The first-order valence-corrected chi connectivity index (χ1v) is 23.6. The molecule has 3 heterocycles. The van der Waals surface area contributed by atoms with Crippen molar-refractivity contribution in [3.05, 3.63) is 204 Å². The first-order chi connectivity index (χ1) is 32.6. The second kappa shape index (κ2) is 16.0. The second-order valence-electron chi connectivity index (χ2n) is 20.9. The highest BCUT2D eigenvalue weighted by Gasteiger charge is 2.30. The van der Waals surface area contributed by atoms with Crippen molar-refractivity contribution in [1.82, 2.24) is 14.5 Å². The zero-order valence-corrected chi connectivity index (χ0v) is 40.0. The zero-order valence-electron chi connectivity index (χ0n) is 40.0. The number of pyridine rings is 1. The molecule has 0 aliphatic heterocycles. The molecule has 11 rings (SSSR count). The van der Waals surface area contributed by atoms with Crippen LogP contribution in [-0.2, 0) is 16.2 Å². The molecule has 0 spiro atoms. The monoisotopic (exact) mass is 885 g/mol. The van der Waals surface area contributed by atoms with Crippen LogP contribution in [0, 0.1) is 0 Å². The van der Waals surface area contributed by atoms with Crippen molar-refractivity contribution in [1.29, 1.82) is 0 Å². The van der Waals surface area contributed by atoms with Gasteiger partial charge in [-0.15, -0.1) is 0 Å². The van der Waals surface area contributed by atoms with Gasteiger partial charge in [-0.1, -0.05) is 183 Å². The lowest BCUT2D eigenvalue weighted by molar-refractivity contribution is 0.446. The molecular weight excluding hydrogens is 831 g/mol. The van der Waals surface area contributed by atoms with Crippen molar-refractivity contribution in [2.75, 3.05) is 0 Å². The molecule has 0 aliphatic carbocycles. The second-order valence-corrected chi connectivity index (χ2v) is 20.9. The van der Waals surface area contributed by atoms with E-state index in [1.807, 2.05) is 12.3 Å². The van der Waals surface area contributed by atoms with Gasteiger partial charge in [0.15, 0.2) is 5.58 Å². The molecule has 0 fully saturated rings. The van der Waals surface area contributed by atoms with Crippen molar-refractivity contribution in [2.45, 2.75) is 71.6 Å². The predicted octanol–water partition coefficient (Wildman–Crippen LogP) is 16.8. The summed E-state index contributed by atoms with van der Waals surface area (Å²) in [4.78, 5) is 10.8. The number of para-hydroxylation sites is 2. The lowest BCUT2D eigenvalue weighted by Crippen LogP contribution is -2.19. The van der Waals surface area contributed by atoms with E-state index in [2.05, 4.69) is 230 Å². The Morgan fingerprint density at radius 3 is 1.90 bits per heavy atom. The minimum atomic E-state index is -0.388. The van der Waals surface area contributed by atoms with E-state index >= 15 is 0 Å². The maximum absolute atomic E-state index is 12.6. The van der Waals surface area contributed by atoms with Crippen LogP contribution < -0.4 is 0 Å². The minimum Gasteiger partial charge on any atom is -0.507 e. The molecule has 68 heavy (non-hydrogen) atoms. The van der Waals surface area contributed by atoms with E-state index in [1.54, 1.807) is 0 Å². The van der Waals surface area contributed by atoms with Crippen LogP contribution in [0.25, 0.3) is 94.3 Å². The number of aromatic nitrogens is 3. The molecule has 0 aliphatic rings. The van der Waals surface area contributed by atoms with Gasteiger partial charge in [0, 0.05) is 44.6 Å². The van der Waals surface area contributed by atoms with Crippen molar-refractivity contribution >= 4 is 43.7 Å². The smallest absolute Gasteiger partial charge is 0.161 e. The Bertz CT molecular complexity index is 3730. The number of benzene rings is 8. The summed E-state index contributed by atoms with van der Waals surface area (Å²) >= 11 is 0. The molecule has 0 bridgehead atoms. The minimum absolute atomic E-state index is 0.195. The maximum Gasteiger partial charge on any atom is 0.161 e. The van der Waals surface area contributed by atoms with E-state index in [-0.39, 0.29) is 22.0 Å². The van der Waals surface area contributed by atoms with Crippen LogP contribution in [0.2, 0.25) is 0 Å². The SMILES string of the molecule is CC(C)(C)c1cc(-c2nc3c(-c4cc(-c5nccc6c5oc5cc7ccccc7cc56)cc(C(C)(C)c5ccccc5)c4)cccc3n2-c2ccccc2-c2ccccc2)c(O)c(C(C)(C)C)c1. The summed E-state index contributed by atoms with van der Waals surface area (Å²) in [6, 6.07) is 62.2. The third kappa shape index (κ3) is 7.25. The molecule has 3 aromatic heterocycles. The Kier molecular flexibility index (Phi) is 10.1. The fourth-order valence-electron chi connectivity index (χ4n) is 9.99. The first-order valence-electron chi connectivity index (χ1n) is 23.6. The Labute approximate surface area is 398 Å². The molecule has 0 saturated carbocycles. The summed E-state index contributed by atoms with van der Waals surface area (Å²) in [6.07, 6.45) is 1.90. The maximum atomic E-state index is 12.6. The Hall–Kier alpha value is -7.76. The number of furan rings is 1. The quantitative estimate of drug-likeness (QED) is 0.173. The summed E-state index contributed by atoms with van der Waals surface area (Å²) in [5.74, 6) is 0.916. The molecule has 5 nitrogen and oxygen atoms in total. The number of phenols is 1. The van der Waals surface area contributed by atoms with E-state index in [4.69, 9.17) is 14.4 Å². The fraction of sp³-hybridized carbons (Fsp3) is 0.175. The standard InChI is InChI=1S/C63H55N3O2/c1-61(2,3)45-37-51(58(67)52(38-45)62(4,5)6)60-65-57-48(27-19-29-54(57)66(60)53-28-18-17-26-47(53)39-20-11-9-12-21-39)42-32-43(34-46(33-42)63(7,8)44-24-13-10-14-25-44)56-59-49(30-31-64-56)50-35-40-22-15-16-23-41(40)36-55(50)68-59/h9-38,67H,1-8H3. The van der Waals surface area contributed by atoms with Crippen molar-refractivity contribution in [2.24, 2.45) is 0 Å². The molecule has 1 N–H and O–H groups in total. The molecule has 11 aromatic rings. The van der Waals surface area contributed by atoms with Gasteiger partial charge >= 0.3 is 0 Å². The highest BCUT2D eigenvalue weighted by atomic mass is 16.3. The van der Waals surface area contributed by atoms with Gasteiger partial charge in [-0.3, -0.25) is 9.55 Å². The number of fused-ring (bicyclic) bond motifs is 5. The van der Waals surface area contributed by atoms with Gasteiger partial charge in [-0.25, -0.2) is 4.98 Å². The number of hydrogen-bond acceptors (Lipinski definition) is 4. The third-order valence-corrected chi connectivity index (χ3v) is 13.9. The predicted molar refractivity (Wildman–Crippen MR) is 283 cm³/mol. The van der Waals surface area contributed by atoms with Gasteiger partial charge in [0.1, 0.15) is 22.9 Å². The zero-order chi connectivity index (χ0) is 47.1. The molecule has 0 unspecified atom stereocenters. The van der Waals surface area contributed by atoms with Gasteiger partial charge in [0.05, 0.1) is 22.3 Å². The largest absolute Gasteiger partial charge is 0.507 e. The highest BCUT2D eigenvalue weighted by molar-refractivity contribution is 6.13. The van der Waals surface area contributed by atoms with Gasteiger partial charge in [0.2, 0.25) is 0 Å². The van der Waals surface area contributed by atoms with E-state index in [0.717, 1.165) is 94.2 Å². The van der Waals surface area contributed by atoms with Gasteiger partial charge in [-0.05, 0) is 98.0 Å². The van der Waals surface area contributed by atoms with E-state index in [1.165, 1.54) is 10.9 Å². The molecule has 0 atom stereocenters. The van der Waals surface area contributed by atoms with Crippen molar-refractivity contribution in [3.8, 4) is 56.3 Å². The Morgan fingerprint density at radius 1 is 0.500 bits per heavy atom. The van der Waals surface area contributed by atoms with E-state index < -0.39 is 0 Å². The lowest BCUT2D eigenvalue weighted by atomic mass is 9.76. The summed E-state index contributed by atoms with van der Waals surface area (Å²) in [6.45, 7) is 17.7. The van der Waals surface area contributed by atoms with Crippen LogP contribution >= 0.6 is 0 Å². The van der Waals surface area contributed by atoms with Crippen LogP contribution in [0.1, 0.15) is 77.6 Å². The summed E-state index contributed by atoms with van der Waals surface area (Å²) < 4.78 is 9.07. The highest BCUT2D eigenvalue weighted by Crippen LogP contribution is 2.47. The summed E-state index contributed by atoms with van der Waals surface area (Å²) in [5.41, 5.74) is 14.3. The third-order valence-electron chi connectivity index (χ3n) is 13.9. The van der Waals surface area contributed by atoms with Crippen molar-refractivity contribution < 1.29 is 9.52 Å². The Morgan fingerprint density at radius 2 is 1.16 bits per heavy atom. The first kappa shape index (κ1) is 42.8. The number of hydrogen-bond donors (Lipinski definition) is 1. The molecule has 334 valence electrons. The molecular formula is C63H55N3O2. The topological polar surface area (TPSA) is 64.1 Å². The van der Waals surface area contributed by atoms with Crippen LogP contribution in [0.4, 0.5) is 0 Å². The molecule has 0 radical (unpaired) electrons. The van der Waals surface area contributed by atoms with E-state index in [9.17, 15) is 5.11 Å². The van der Waals surface area contributed by atoms with Gasteiger partial charge in [0.25, 0.3) is 0 Å². The fourth-order valence-corrected chi connectivity index (χ4v) is 9.99. The van der Waals surface area contributed by atoms with Crippen LogP contribution in [-0.4, -0.2) is 19.6 Å². The summed E-state index contributed by atoms with van der Waals surface area (Å²) in [5, 5.41) is 17.0. The van der Waals surface area contributed by atoms with E-state index in [0.29, 0.717) is 11.4 Å². The molecule has 5 heteroatoms. The van der Waals surface area contributed by atoms with Crippen LogP contribution in [0.5, 0.6) is 5.75 Å². The van der Waals surface area contributed by atoms with Crippen molar-refractivity contribution in [3.63, 3.8) is 0 Å². The summed E-state index contributed by atoms with van der Waals surface area (Å²) in [7, 11) is 0. The lowest BCUT2D eigenvalue weighted by Gasteiger charge is -2.27. The number of rotatable bonds is 7. The number of imidazole rings is 1. The average molecular weight is 886 g/mol. The Balaban J connectivity index is 1.22. The number of aromatic hydroxyl groups is 1. The molecule has 8 aromatic carbocycles.